The Morgan fingerprint density at radius 1 is 1.67 bits per heavy atom. The lowest BCUT2D eigenvalue weighted by Gasteiger charge is -2.15. The van der Waals surface area contributed by atoms with Gasteiger partial charge in [0.05, 0.1) is 5.41 Å². The van der Waals surface area contributed by atoms with Crippen LogP contribution >= 0.6 is 0 Å². The molecule has 0 aromatic rings. The van der Waals surface area contributed by atoms with Gasteiger partial charge in [0.1, 0.15) is 0 Å². The average molecular weight is 132 g/mol. The van der Waals surface area contributed by atoms with Gasteiger partial charge >= 0.3 is 5.97 Å². The molecule has 1 saturated carbocycles. The highest BCUT2D eigenvalue weighted by molar-refractivity contribution is 5.74. The summed E-state index contributed by atoms with van der Waals surface area (Å²) in [6, 6.07) is 0. The van der Waals surface area contributed by atoms with Crippen LogP contribution < -0.4 is 0 Å². The van der Waals surface area contributed by atoms with E-state index in [9.17, 15) is 4.79 Å². The van der Waals surface area contributed by atoms with Crippen molar-refractivity contribution in [1.29, 1.82) is 0 Å². The Hall–Kier alpha value is -0.530. The number of carbonyl (C=O) groups is 1. The van der Waals surface area contributed by atoms with E-state index >= 15 is 0 Å². The molecule has 0 spiro atoms. The van der Waals surface area contributed by atoms with Crippen LogP contribution in [0.15, 0.2) is 0 Å². The lowest BCUT2D eigenvalue weighted by atomic mass is 9.89. The number of hydrogen-bond acceptors (Lipinski definition) is 1. The van der Waals surface area contributed by atoms with Crippen molar-refractivity contribution in [3.05, 3.63) is 0 Å². The predicted octanol–water partition coefficient (Wildman–Crippen LogP) is 1.65. The molecule has 2 nitrogen and oxygen atoms in total. The molecular formula is C7H12O2. The third kappa shape index (κ3) is 1.07. The van der Waals surface area contributed by atoms with Crippen molar-refractivity contribution < 1.29 is 15.4 Å². The maximum atomic E-state index is 10.9. The van der Waals surface area contributed by atoms with Gasteiger partial charge in [0.25, 0.3) is 0 Å². The molecule has 2 heteroatoms. The minimum atomic E-state index is -1.97. The largest absolute Gasteiger partial charge is 0.481 e. The number of rotatable bonds is 1. The second-order valence-electron chi connectivity index (χ2n) is 2.28. The normalized spacial score (nSPS) is 41.9. The maximum Gasteiger partial charge on any atom is 0.309 e. The molecule has 1 N–H and O–H groups in total. The van der Waals surface area contributed by atoms with Crippen molar-refractivity contribution in [3.63, 3.8) is 0 Å². The first kappa shape index (κ1) is 3.04. The van der Waals surface area contributed by atoms with E-state index in [1.807, 2.05) is 0 Å². The zero-order valence-electron chi connectivity index (χ0n) is 9.27. The molecule has 0 amide bonds. The molecule has 1 fully saturated rings. The van der Waals surface area contributed by atoms with E-state index in [2.05, 4.69) is 0 Å². The van der Waals surface area contributed by atoms with Gasteiger partial charge in [0, 0.05) is 5.48 Å². The molecule has 0 bridgehead atoms. The van der Waals surface area contributed by atoms with Gasteiger partial charge in [-0.15, -0.1) is 0 Å². The molecule has 0 radical (unpaired) electrons. The summed E-state index contributed by atoms with van der Waals surface area (Å²) >= 11 is 0. The molecule has 0 atom stereocenters. The lowest BCUT2D eigenvalue weighted by molar-refractivity contribution is -0.147. The van der Waals surface area contributed by atoms with Gasteiger partial charge in [-0.3, -0.25) is 4.79 Å². The number of hydrogen-bond donors (Lipinski definition) is 1. The summed E-state index contributed by atoms with van der Waals surface area (Å²) in [4.78, 5) is 10.9. The first-order chi connectivity index (χ1) is 5.65. The summed E-state index contributed by atoms with van der Waals surface area (Å²) in [7, 11) is 0. The topological polar surface area (TPSA) is 37.3 Å². The van der Waals surface area contributed by atoms with Crippen LogP contribution in [0.4, 0.5) is 0 Å². The molecular weight excluding hydrogens is 116 g/mol. The Morgan fingerprint density at radius 2 is 2.11 bits per heavy atom. The van der Waals surface area contributed by atoms with Gasteiger partial charge in [-0.05, 0) is 19.7 Å². The number of carboxylic acids is 1. The minimum absolute atomic E-state index is 0.0389. The Balaban J connectivity index is 3.22. The van der Waals surface area contributed by atoms with E-state index in [0.717, 1.165) is 6.92 Å². The molecule has 0 aliphatic heterocycles. The standard InChI is InChI=1S/C7H12O2/c1-7(6(8)9)4-2-3-5-7/h2-5H2,1H3,(H,8,9)/i4D2,5D2. The molecule has 0 heterocycles. The van der Waals surface area contributed by atoms with Crippen LogP contribution in [0.5, 0.6) is 0 Å². The smallest absolute Gasteiger partial charge is 0.309 e. The van der Waals surface area contributed by atoms with Crippen molar-refractivity contribution in [2.24, 2.45) is 5.41 Å². The Bertz CT molecular complexity index is 233. The first-order valence-electron chi connectivity index (χ1n) is 4.88. The fraction of sp³-hybridized carbons (Fsp3) is 0.857. The van der Waals surface area contributed by atoms with Crippen molar-refractivity contribution in [2.75, 3.05) is 0 Å². The quantitative estimate of drug-likeness (QED) is 0.589. The summed E-state index contributed by atoms with van der Waals surface area (Å²) in [6.07, 6.45) is -4.02. The van der Waals surface area contributed by atoms with E-state index < -0.39 is 24.1 Å². The van der Waals surface area contributed by atoms with E-state index in [1.54, 1.807) is 0 Å². The van der Waals surface area contributed by atoms with Gasteiger partial charge in [-0.1, -0.05) is 12.8 Å². The zero-order chi connectivity index (χ0) is 10.5. The highest BCUT2D eigenvalue weighted by Crippen LogP contribution is 2.37. The molecule has 9 heavy (non-hydrogen) atoms. The second kappa shape index (κ2) is 2.01. The zero-order valence-corrected chi connectivity index (χ0v) is 5.27. The summed E-state index contributed by atoms with van der Waals surface area (Å²) in [5, 5.41) is 8.86. The fourth-order valence-electron chi connectivity index (χ4n) is 0.839. The molecule has 52 valence electrons. The molecule has 1 aliphatic rings. The first-order valence-corrected chi connectivity index (χ1v) is 2.88. The monoisotopic (exact) mass is 132 g/mol. The van der Waals surface area contributed by atoms with Crippen molar-refractivity contribution in [3.8, 4) is 0 Å². The minimum Gasteiger partial charge on any atom is -0.481 e. The SMILES string of the molecule is [2H]C1([2H])CCC([2H])([2H])C1(C)C(=O)O. The van der Waals surface area contributed by atoms with E-state index in [-0.39, 0.29) is 12.8 Å². The van der Waals surface area contributed by atoms with Crippen LogP contribution in [0.3, 0.4) is 0 Å². The molecule has 0 aromatic heterocycles. The molecule has 0 unspecified atom stereocenters. The summed E-state index contributed by atoms with van der Waals surface area (Å²) in [5.74, 6) is -1.40. The van der Waals surface area contributed by atoms with Gasteiger partial charge in [-0.2, -0.15) is 0 Å². The third-order valence-electron chi connectivity index (χ3n) is 1.51. The van der Waals surface area contributed by atoms with Crippen LogP contribution in [-0.2, 0) is 4.79 Å². The Labute approximate surface area is 60.5 Å². The van der Waals surface area contributed by atoms with Crippen LogP contribution in [0, 0.1) is 5.41 Å². The van der Waals surface area contributed by atoms with Gasteiger partial charge in [0.2, 0.25) is 0 Å². The van der Waals surface area contributed by atoms with Crippen LogP contribution in [0.25, 0.3) is 0 Å². The molecule has 0 saturated heterocycles. The Morgan fingerprint density at radius 3 is 2.33 bits per heavy atom. The maximum absolute atomic E-state index is 10.9. The predicted molar refractivity (Wildman–Crippen MR) is 34.2 cm³/mol. The summed E-state index contributed by atoms with van der Waals surface area (Å²) in [6.45, 7) is 1.14. The van der Waals surface area contributed by atoms with Crippen molar-refractivity contribution in [1.82, 2.24) is 0 Å². The van der Waals surface area contributed by atoms with Gasteiger partial charge in [-0.25, -0.2) is 0 Å². The molecule has 0 aromatic carbocycles. The Kier molecular flexibility index (Phi) is 0.679. The molecule has 1 aliphatic carbocycles. The second-order valence-corrected chi connectivity index (χ2v) is 2.28. The number of carboxylic acid groups (broad SMARTS) is 1. The highest BCUT2D eigenvalue weighted by Gasteiger charge is 2.35. The lowest BCUT2D eigenvalue weighted by Crippen LogP contribution is -2.23. The summed E-state index contributed by atoms with van der Waals surface area (Å²) in [5.41, 5.74) is -1.93. The fourth-order valence-corrected chi connectivity index (χ4v) is 0.839. The third-order valence-corrected chi connectivity index (χ3v) is 1.51. The van der Waals surface area contributed by atoms with E-state index in [1.165, 1.54) is 0 Å². The van der Waals surface area contributed by atoms with E-state index in [4.69, 9.17) is 10.6 Å². The van der Waals surface area contributed by atoms with Crippen LogP contribution in [0.2, 0.25) is 0 Å². The van der Waals surface area contributed by atoms with Crippen LogP contribution in [-0.4, -0.2) is 11.1 Å². The van der Waals surface area contributed by atoms with Crippen LogP contribution in [0.1, 0.15) is 38.0 Å². The van der Waals surface area contributed by atoms with E-state index in [0.29, 0.717) is 0 Å². The van der Waals surface area contributed by atoms with Gasteiger partial charge < -0.3 is 5.11 Å². The van der Waals surface area contributed by atoms with Crippen molar-refractivity contribution >= 4 is 5.97 Å². The number of aliphatic carboxylic acids is 1. The average Bonchev–Trinajstić information content (AvgIpc) is 2.12. The van der Waals surface area contributed by atoms with Gasteiger partial charge in [0.15, 0.2) is 0 Å². The van der Waals surface area contributed by atoms with Crippen molar-refractivity contribution in [2.45, 2.75) is 32.5 Å². The summed E-state index contributed by atoms with van der Waals surface area (Å²) < 4.78 is 29.9. The highest BCUT2D eigenvalue weighted by atomic mass is 16.4. The molecule has 1 rings (SSSR count).